The molecule has 2 heterocycles. The molecule has 7 heteroatoms. The summed E-state index contributed by atoms with van der Waals surface area (Å²) in [5.74, 6) is 1.99. The minimum atomic E-state index is -0.239. The fourth-order valence-corrected chi connectivity index (χ4v) is 5.81. The smallest absolute Gasteiger partial charge is 0.164 e. The minimum absolute atomic E-state index is 0.123. The fourth-order valence-electron chi connectivity index (χ4n) is 5.81. The Kier molecular flexibility index (Phi) is 8.99. The fraction of sp³-hybridized carbons (Fsp3) is 0.438. The van der Waals surface area contributed by atoms with Gasteiger partial charge in [0.25, 0.3) is 0 Å². The zero-order valence-corrected chi connectivity index (χ0v) is 22.9. The number of hydrogen-bond acceptors (Lipinski definition) is 5. The highest BCUT2D eigenvalue weighted by atomic mass is 19.1. The van der Waals surface area contributed by atoms with E-state index in [0.29, 0.717) is 5.75 Å². The molecule has 0 saturated carbocycles. The highest BCUT2D eigenvalue weighted by Crippen LogP contribution is 2.38. The molecular weight excluding hydrogens is 498 g/mol. The van der Waals surface area contributed by atoms with Crippen molar-refractivity contribution in [1.82, 2.24) is 9.80 Å². The van der Waals surface area contributed by atoms with Crippen LogP contribution in [0.3, 0.4) is 0 Å². The Morgan fingerprint density at radius 1 is 0.821 bits per heavy atom. The van der Waals surface area contributed by atoms with Gasteiger partial charge in [-0.15, -0.1) is 0 Å². The van der Waals surface area contributed by atoms with E-state index in [1.165, 1.54) is 29.8 Å². The van der Waals surface area contributed by atoms with Crippen LogP contribution in [-0.2, 0) is 6.42 Å². The molecule has 1 unspecified atom stereocenters. The summed E-state index contributed by atoms with van der Waals surface area (Å²) in [5, 5.41) is 0. The lowest BCUT2D eigenvalue weighted by molar-refractivity contribution is 0.0738. The molecule has 0 aliphatic carbocycles. The molecule has 3 aromatic carbocycles. The quantitative estimate of drug-likeness (QED) is 0.322. The molecule has 1 fully saturated rings. The molecule has 0 spiro atoms. The van der Waals surface area contributed by atoms with Crippen molar-refractivity contribution in [2.75, 3.05) is 53.5 Å². The van der Waals surface area contributed by atoms with E-state index in [2.05, 4.69) is 9.80 Å². The monoisotopic (exact) mass is 536 g/mol. The Labute approximate surface area is 230 Å². The maximum atomic E-state index is 13.5. The topological polar surface area (TPSA) is 34.2 Å². The molecule has 0 radical (unpaired) electrons. The number of piperazine rings is 1. The van der Waals surface area contributed by atoms with Gasteiger partial charge in [-0.25, -0.2) is 8.78 Å². The standard InChI is InChI=1S/C32H38F2N2O3/c1-37-31-20-25-9-14-28(39-30(25)21-32(31)38-2)22-36-18-16-35(17-19-36)15-3-4-29(23-5-10-26(33)11-6-23)24-7-12-27(34)13-8-24/h5-8,10-13,20-21,28-29H,3-4,9,14-19,22H2,1-2H3. The van der Waals surface area contributed by atoms with Gasteiger partial charge in [0.2, 0.25) is 0 Å². The SMILES string of the molecule is COc1cc2c(cc1OC)OC(CN1CCN(CCCC(c3ccc(F)cc3)c3ccc(F)cc3)CC1)CC2. The molecule has 0 amide bonds. The summed E-state index contributed by atoms with van der Waals surface area (Å²) in [7, 11) is 3.31. The lowest BCUT2D eigenvalue weighted by atomic mass is 9.87. The summed E-state index contributed by atoms with van der Waals surface area (Å²) in [5.41, 5.74) is 3.31. The number of hydrogen-bond donors (Lipinski definition) is 0. The van der Waals surface area contributed by atoms with Gasteiger partial charge in [-0.2, -0.15) is 0 Å². The third kappa shape index (κ3) is 6.89. The summed E-state index contributed by atoms with van der Waals surface area (Å²) < 4.78 is 44.3. The van der Waals surface area contributed by atoms with Gasteiger partial charge in [0.1, 0.15) is 23.5 Å². The van der Waals surface area contributed by atoms with Crippen molar-refractivity contribution < 1.29 is 23.0 Å². The lowest BCUT2D eigenvalue weighted by Crippen LogP contribution is -2.49. The number of nitrogens with zero attached hydrogens (tertiary/aromatic N) is 2. The maximum absolute atomic E-state index is 13.5. The molecule has 5 nitrogen and oxygen atoms in total. The van der Waals surface area contributed by atoms with E-state index in [9.17, 15) is 8.78 Å². The first-order chi connectivity index (χ1) is 19.0. The second-order valence-electron chi connectivity index (χ2n) is 10.5. The summed E-state index contributed by atoms with van der Waals surface area (Å²) in [4.78, 5) is 5.03. The molecule has 3 aromatic rings. The van der Waals surface area contributed by atoms with Gasteiger partial charge in [-0.1, -0.05) is 24.3 Å². The van der Waals surface area contributed by atoms with E-state index in [4.69, 9.17) is 14.2 Å². The molecular formula is C32H38F2N2O3. The van der Waals surface area contributed by atoms with Crippen molar-refractivity contribution in [2.24, 2.45) is 0 Å². The summed E-state index contributed by atoms with van der Waals surface area (Å²) in [6.07, 6.45) is 4.10. The number of aryl methyl sites for hydroxylation is 1. The van der Waals surface area contributed by atoms with Crippen molar-refractivity contribution in [1.29, 1.82) is 0 Å². The largest absolute Gasteiger partial charge is 0.493 e. The highest BCUT2D eigenvalue weighted by molar-refractivity contribution is 5.51. The molecule has 0 aromatic heterocycles. The van der Waals surface area contributed by atoms with Crippen LogP contribution in [0.4, 0.5) is 8.78 Å². The van der Waals surface area contributed by atoms with Crippen LogP contribution < -0.4 is 14.2 Å². The van der Waals surface area contributed by atoms with E-state index in [1.807, 2.05) is 36.4 Å². The van der Waals surface area contributed by atoms with Crippen LogP contribution in [0.2, 0.25) is 0 Å². The van der Waals surface area contributed by atoms with E-state index in [-0.39, 0.29) is 23.7 Å². The Morgan fingerprint density at radius 3 is 1.97 bits per heavy atom. The molecule has 0 bridgehead atoms. The van der Waals surface area contributed by atoms with Gasteiger partial charge in [-0.05, 0) is 79.3 Å². The number of methoxy groups -OCH3 is 2. The number of ether oxygens (including phenoxy) is 3. The Morgan fingerprint density at radius 2 is 1.38 bits per heavy atom. The van der Waals surface area contributed by atoms with Crippen LogP contribution in [0.15, 0.2) is 60.7 Å². The number of benzene rings is 3. The van der Waals surface area contributed by atoms with Gasteiger partial charge < -0.3 is 19.1 Å². The number of halogens is 2. The molecule has 5 rings (SSSR count). The van der Waals surface area contributed by atoms with Gasteiger partial charge in [0.05, 0.1) is 14.2 Å². The van der Waals surface area contributed by atoms with Crippen molar-refractivity contribution in [3.05, 3.63) is 89.0 Å². The average molecular weight is 537 g/mol. The lowest BCUT2D eigenvalue weighted by Gasteiger charge is -2.37. The second-order valence-corrected chi connectivity index (χ2v) is 10.5. The Balaban J connectivity index is 1.10. The third-order valence-electron chi connectivity index (χ3n) is 8.03. The van der Waals surface area contributed by atoms with E-state index >= 15 is 0 Å². The van der Waals surface area contributed by atoms with Crippen LogP contribution in [0.1, 0.15) is 41.9 Å². The van der Waals surface area contributed by atoms with Crippen molar-refractivity contribution in [2.45, 2.75) is 37.7 Å². The first kappa shape index (κ1) is 27.4. The maximum Gasteiger partial charge on any atom is 0.164 e. The number of fused-ring (bicyclic) bond motifs is 1. The van der Waals surface area contributed by atoms with E-state index < -0.39 is 0 Å². The zero-order valence-electron chi connectivity index (χ0n) is 22.9. The zero-order chi connectivity index (χ0) is 27.2. The van der Waals surface area contributed by atoms with Crippen LogP contribution in [0, 0.1) is 11.6 Å². The van der Waals surface area contributed by atoms with Gasteiger partial charge in [0, 0.05) is 44.7 Å². The molecule has 0 N–H and O–H groups in total. The molecule has 208 valence electrons. The van der Waals surface area contributed by atoms with E-state index in [0.717, 1.165) is 87.6 Å². The van der Waals surface area contributed by atoms with Crippen LogP contribution >= 0.6 is 0 Å². The van der Waals surface area contributed by atoms with Crippen LogP contribution in [-0.4, -0.2) is 69.4 Å². The summed E-state index contributed by atoms with van der Waals surface area (Å²) in [6, 6.07) is 17.4. The normalized spacial score (nSPS) is 18.0. The van der Waals surface area contributed by atoms with Crippen molar-refractivity contribution in [3.63, 3.8) is 0 Å². The minimum Gasteiger partial charge on any atom is -0.493 e. The van der Waals surface area contributed by atoms with Crippen LogP contribution in [0.5, 0.6) is 17.2 Å². The molecule has 1 saturated heterocycles. The van der Waals surface area contributed by atoms with E-state index in [1.54, 1.807) is 14.2 Å². The highest BCUT2D eigenvalue weighted by Gasteiger charge is 2.26. The molecule has 2 aliphatic rings. The van der Waals surface area contributed by atoms with Crippen LogP contribution in [0.25, 0.3) is 0 Å². The summed E-state index contributed by atoms with van der Waals surface area (Å²) >= 11 is 0. The third-order valence-corrected chi connectivity index (χ3v) is 8.03. The molecule has 2 aliphatic heterocycles. The Bertz CT molecular complexity index is 1170. The predicted octanol–water partition coefficient (Wildman–Crippen LogP) is 5.91. The second kappa shape index (κ2) is 12.8. The first-order valence-electron chi connectivity index (χ1n) is 13.9. The number of rotatable bonds is 10. The van der Waals surface area contributed by atoms with Crippen molar-refractivity contribution >= 4 is 0 Å². The molecule has 1 atom stereocenters. The Hall–Kier alpha value is -3.16. The predicted molar refractivity (Wildman–Crippen MR) is 149 cm³/mol. The van der Waals surface area contributed by atoms with Crippen molar-refractivity contribution in [3.8, 4) is 17.2 Å². The van der Waals surface area contributed by atoms with Gasteiger partial charge >= 0.3 is 0 Å². The average Bonchev–Trinajstić information content (AvgIpc) is 2.96. The summed E-state index contributed by atoms with van der Waals surface area (Å²) in [6.45, 7) is 6.06. The van der Waals surface area contributed by atoms with Gasteiger partial charge in [0.15, 0.2) is 11.5 Å². The van der Waals surface area contributed by atoms with Gasteiger partial charge in [-0.3, -0.25) is 4.90 Å². The molecule has 39 heavy (non-hydrogen) atoms. The first-order valence-corrected chi connectivity index (χ1v) is 13.9.